The minimum atomic E-state index is -2.05. The normalized spacial score (nSPS) is 4.71. The van der Waals surface area contributed by atoms with Gasteiger partial charge < -0.3 is 20.0 Å². The molecule has 0 N–H and O–H groups in total. The van der Waals surface area contributed by atoms with Gasteiger partial charge in [-0.1, -0.05) is 0 Å². The molecule has 0 aromatic rings. The van der Waals surface area contributed by atoms with E-state index in [-0.39, 0.29) is 80.9 Å². The van der Waals surface area contributed by atoms with Gasteiger partial charge in [0.15, 0.2) is 0 Å². The Hall–Kier alpha value is 1.87. The van der Waals surface area contributed by atoms with Gasteiger partial charge in [0.05, 0.1) is 0 Å². The van der Waals surface area contributed by atoms with E-state index in [9.17, 15) is 0 Å². The molecule has 0 rings (SSSR count). The molecule has 0 amide bonds. The van der Waals surface area contributed by atoms with Crippen molar-refractivity contribution in [2.45, 2.75) is 0 Å². The molecule has 0 aliphatic heterocycles. The summed E-state index contributed by atoms with van der Waals surface area (Å²) >= 11 is 0. The van der Waals surface area contributed by atoms with Crippen LogP contribution in [0.5, 0.6) is 0 Å². The molecule has 0 spiro atoms. The molecule has 0 bridgehead atoms. The Morgan fingerprint density at radius 3 is 1.71 bits per heavy atom. The largest absolute Gasteiger partial charge is 1.00 e. The SMILES string of the molecule is O=C([O-])O[O-].[K+].[Na+]. The summed E-state index contributed by atoms with van der Waals surface area (Å²) < 4.78 is 0. The molecule has 0 aromatic carbocycles. The molecular formula is CKNaO4. The number of rotatable bonds is 0. The monoisotopic (exact) mass is 138 g/mol. The third-order valence-corrected chi connectivity index (χ3v) is 0.0680. The molecule has 0 fully saturated rings. The van der Waals surface area contributed by atoms with Gasteiger partial charge in [-0.25, -0.2) is 0 Å². The summed E-state index contributed by atoms with van der Waals surface area (Å²) in [7, 11) is 0. The summed E-state index contributed by atoms with van der Waals surface area (Å²) in [4.78, 5) is 11.0. The number of carboxylic acid groups (broad SMARTS) is 1. The van der Waals surface area contributed by atoms with Gasteiger partial charge in [0, 0.05) is 0 Å². The van der Waals surface area contributed by atoms with Crippen molar-refractivity contribution in [2.24, 2.45) is 0 Å². The molecule has 4 nitrogen and oxygen atoms in total. The molecule has 0 aromatic heterocycles. The summed E-state index contributed by atoms with van der Waals surface area (Å²) in [6.07, 6.45) is -2.05. The van der Waals surface area contributed by atoms with Crippen LogP contribution in [0, 0.1) is 0 Å². The van der Waals surface area contributed by atoms with Crippen molar-refractivity contribution >= 4 is 6.16 Å². The standard InChI is InChI=1S/CH2O4.K.Na/c2-1(3)5-4;;/h4H,(H,2,3);;/q;2*+1/p-2. The average molecular weight is 138 g/mol. The maximum atomic E-state index is 8.72. The molecule has 0 radical (unpaired) electrons. The predicted molar refractivity (Wildman–Crippen MR) is 6.48 cm³/mol. The second kappa shape index (κ2) is 10.8. The van der Waals surface area contributed by atoms with E-state index in [4.69, 9.17) is 15.2 Å². The van der Waals surface area contributed by atoms with E-state index in [0.29, 0.717) is 0 Å². The molecule has 7 heavy (non-hydrogen) atoms. The molecule has 0 aliphatic rings. The van der Waals surface area contributed by atoms with Gasteiger partial charge in [-0.05, 0) is 0 Å². The van der Waals surface area contributed by atoms with Crippen LogP contribution in [-0.2, 0) is 4.89 Å². The van der Waals surface area contributed by atoms with E-state index in [1.807, 2.05) is 0 Å². The fourth-order valence-corrected chi connectivity index (χ4v) is 0. The molecule has 0 saturated carbocycles. The quantitative estimate of drug-likeness (QED) is 0.189. The van der Waals surface area contributed by atoms with Crippen molar-refractivity contribution < 1.29 is 101 Å². The van der Waals surface area contributed by atoms with Crippen LogP contribution in [0.15, 0.2) is 0 Å². The van der Waals surface area contributed by atoms with Crippen LogP contribution in [0.25, 0.3) is 0 Å². The van der Waals surface area contributed by atoms with Crippen LogP contribution in [0.2, 0.25) is 0 Å². The number of carbonyl (C=O) groups excluding carboxylic acids is 1. The summed E-state index contributed by atoms with van der Waals surface area (Å²) in [5.41, 5.74) is 0. The molecule has 0 saturated heterocycles. The molecule has 0 aliphatic carbocycles. The molecule has 6 heteroatoms. The van der Waals surface area contributed by atoms with Gasteiger partial charge in [0.1, 0.15) is 0 Å². The fraction of sp³-hybridized carbons (Fsp3) is 0. The molecular weight excluding hydrogens is 138 g/mol. The zero-order chi connectivity index (χ0) is 4.28. The van der Waals surface area contributed by atoms with Crippen molar-refractivity contribution in [3.8, 4) is 0 Å². The van der Waals surface area contributed by atoms with Crippen LogP contribution in [0.4, 0.5) is 4.79 Å². The second-order valence-electron chi connectivity index (χ2n) is 0.333. The summed E-state index contributed by atoms with van der Waals surface area (Å²) in [6.45, 7) is 0. The summed E-state index contributed by atoms with van der Waals surface area (Å²) in [6, 6.07) is 0. The zero-order valence-corrected chi connectivity index (χ0v) is 9.26. The van der Waals surface area contributed by atoms with Crippen molar-refractivity contribution in [2.75, 3.05) is 0 Å². The molecule has 0 atom stereocenters. The average Bonchev–Trinajstić information content (AvgIpc) is 1.38. The van der Waals surface area contributed by atoms with Crippen molar-refractivity contribution in [3.05, 3.63) is 0 Å². The maximum Gasteiger partial charge on any atom is 1.00 e. The Morgan fingerprint density at radius 2 is 1.71 bits per heavy atom. The van der Waals surface area contributed by atoms with E-state index in [1.165, 1.54) is 0 Å². The third-order valence-electron chi connectivity index (χ3n) is 0.0680. The zero-order valence-electron chi connectivity index (χ0n) is 4.13. The topological polar surface area (TPSA) is 72.4 Å². The van der Waals surface area contributed by atoms with Crippen molar-refractivity contribution in [1.82, 2.24) is 0 Å². The smallest absolute Gasteiger partial charge is 0.755 e. The van der Waals surface area contributed by atoms with E-state index in [1.54, 1.807) is 0 Å². The van der Waals surface area contributed by atoms with E-state index in [2.05, 4.69) is 4.89 Å². The second-order valence-corrected chi connectivity index (χ2v) is 0.333. The molecule has 0 heterocycles. The Bertz CT molecular complexity index is 47.0. The van der Waals surface area contributed by atoms with E-state index >= 15 is 0 Å². The van der Waals surface area contributed by atoms with Crippen LogP contribution < -0.4 is 91.3 Å². The maximum absolute atomic E-state index is 8.72. The first-order valence-electron chi connectivity index (χ1n) is 0.779. The van der Waals surface area contributed by atoms with Gasteiger partial charge in [-0.3, -0.25) is 0 Å². The van der Waals surface area contributed by atoms with Crippen LogP contribution in [0.3, 0.4) is 0 Å². The van der Waals surface area contributed by atoms with Crippen molar-refractivity contribution in [3.63, 3.8) is 0 Å². The Kier molecular flexibility index (Phi) is 24.5. The first-order chi connectivity index (χ1) is 2.27. The first kappa shape index (κ1) is 15.9. The van der Waals surface area contributed by atoms with Gasteiger partial charge in [0.2, 0.25) is 6.16 Å². The summed E-state index contributed by atoms with van der Waals surface area (Å²) in [5, 5.41) is 17.2. The Balaban J connectivity index is -0.0000000800. The van der Waals surface area contributed by atoms with Crippen molar-refractivity contribution in [1.29, 1.82) is 0 Å². The Morgan fingerprint density at radius 1 is 1.57 bits per heavy atom. The Labute approximate surface area is 105 Å². The number of carbonyl (C=O) groups is 1. The number of hydrogen-bond acceptors (Lipinski definition) is 4. The fourth-order valence-electron chi connectivity index (χ4n) is 0. The molecule has 30 valence electrons. The predicted octanol–water partition coefficient (Wildman–Crippen LogP) is -8.37. The number of hydrogen-bond donors (Lipinski definition) is 0. The van der Waals surface area contributed by atoms with Crippen LogP contribution in [-0.4, -0.2) is 6.16 Å². The third kappa shape index (κ3) is 18.1. The van der Waals surface area contributed by atoms with E-state index in [0.717, 1.165) is 0 Å². The minimum absolute atomic E-state index is 0. The van der Waals surface area contributed by atoms with Gasteiger partial charge in [-0.2, -0.15) is 0 Å². The van der Waals surface area contributed by atoms with Gasteiger partial charge >= 0.3 is 80.9 Å². The van der Waals surface area contributed by atoms with Crippen LogP contribution in [0.1, 0.15) is 0 Å². The van der Waals surface area contributed by atoms with Gasteiger partial charge in [0.25, 0.3) is 0 Å². The van der Waals surface area contributed by atoms with Crippen LogP contribution >= 0.6 is 0 Å². The van der Waals surface area contributed by atoms with Gasteiger partial charge in [-0.15, -0.1) is 0 Å². The van der Waals surface area contributed by atoms with E-state index < -0.39 is 6.16 Å². The summed E-state index contributed by atoms with van der Waals surface area (Å²) in [5.74, 6) is 0. The minimum Gasteiger partial charge on any atom is -0.755 e. The molecule has 0 unspecified atom stereocenters. The first-order valence-corrected chi connectivity index (χ1v) is 0.779.